The van der Waals surface area contributed by atoms with Crippen molar-refractivity contribution in [2.75, 3.05) is 32.7 Å². The number of hydrogen-bond donors (Lipinski definition) is 2. The predicted molar refractivity (Wildman–Crippen MR) is 109 cm³/mol. The first-order valence-corrected chi connectivity index (χ1v) is 12.2. The normalized spacial score (nSPS) is 32.6. The van der Waals surface area contributed by atoms with Crippen LogP contribution in [0.1, 0.15) is 38.5 Å². The highest BCUT2D eigenvalue weighted by Crippen LogP contribution is 2.60. The van der Waals surface area contributed by atoms with Gasteiger partial charge in [0.1, 0.15) is 0 Å². The first-order valence-electron chi connectivity index (χ1n) is 10.7. The van der Waals surface area contributed by atoms with Gasteiger partial charge in [-0.05, 0) is 56.3 Å². The summed E-state index contributed by atoms with van der Waals surface area (Å²) in [4.78, 5) is 40.8. The Bertz CT molecular complexity index is 812. The Morgan fingerprint density at radius 1 is 0.933 bits per heavy atom. The summed E-state index contributed by atoms with van der Waals surface area (Å²) in [5.74, 6) is 2.12. The molecule has 0 aromatic rings. The minimum absolute atomic E-state index is 0.169. The summed E-state index contributed by atoms with van der Waals surface area (Å²) in [6, 6.07) is -0.973. The van der Waals surface area contributed by atoms with Crippen LogP contribution in [0, 0.1) is 23.2 Å². The fraction of sp³-hybridized carbons (Fsp3) is 0.750. The molecule has 9 nitrogen and oxygen atoms in total. The van der Waals surface area contributed by atoms with Crippen molar-refractivity contribution in [3.63, 3.8) is 0 Å². The standard InChI is InChI=1S/C20H30N4O5S/c1-2-30(28,29)22-19(27)21-13-17(25)23-3-5-24(6-4-23)18(26)20-10-14-7-15(11-20)9-16(8-14)12-20/h2,14-16H,1,3-13H2,(H2,21,22,27). The number of piperazine rings is 1. The minimum atomic E-state index is -3.89. The number of urea groups is 1. The van der Waals surface area contributed by atoms with E-state index < -0.39 is 16.1 Å². The van der Waals surface area contributed by atoms with Crippen LogP contribution in [0.2, 0.25) is 0 Å². The summed E-state index contributed by atoms with van der Waals surface area (Å²) in [5.41, 5.74) is -0.169. The molecule has 10 heteroatoms. The van der Waals surface area contributed by atoms with E-state index in [2.05, 4.69) is 11.9 Å². The van der Waals surface area contributed by atoms with E-state index in [9.17, 15) is 22.8 Å². The molecule has 5 fully saturated rings. The van der Waals surface area contributed by atoms with Crippen molar-refractivity contribution < 1.29 is 22.8 Å². The molecule has 1 heterocycles. The Balaban J connectivity index is 1.26. The molecule has 166 valence electrons. The number of nitrogens with one attached hydrogen (secondary N) is 2. The van der Waals surface area contributed by atoms with Crippen molar-refractivity contribution in [3.8, 4) is 0 Å². The third-order valence-corrected chi connectivity index (χ3v) is 8.17. The van der Waals surface area contributed by atoms with Crippen LogP contribution in [-0.2, 0) is 19.6 Å². The molecular formula is C20H30N4O5S. The Labute approximate surface area is 177 Å². The lowest BCUT2D eigenvalue weighted by atomic mass is 9.49. The molecule has 5 rings (SSSR count). The Kier molecular flexibility index (Phi) is 5.54. The highest BCUT2D eigenvalue weighted by Gasteiger charge is 2.55. The van der Waals surface area contributed by atoms with Gasteiger partial charge in [-0.2, -0.15) is 0 Å². The zero-order valence-electron chi connectivity index (χ0n) is 17.1. The van der Waals surface area contributed by atoms with E-state index in [1.54, 1.807) is 9.62 Å². The maximum absolute atomic E-state index is 13.4. The van der Waals surface area contributed by atoms with E-state index in [4.69, 9.17) is 0 Å². The number of carbonyl (C=O) groups is 3. The van der Waals surface area contributed by atoms with Crippen LogP contribution in [0.15, 0.2) is 12.0 Å². The molecule has 30 heavy (non-hydrogen) atoms. The second kappa shape index (κ2) is 7.86. The number of hydrogen-bond acceptors (Lipinski definition) is 5. The number of nitrogens with zero attached hydrogens (tertiary/aromatic N) is 2. The van der Waals surface area contributed by atoms with E-state index in [0.29, 0.717) is 49.3 Å². The quantitative estimate of drug-likeness (QED) is 0.654. The lowest BCUT2D eigenvalue weighted by Gasteiger charge is -2.57. The zero-order chi connectivity index (χ0) is 21.5. The summed E-state index contributed by atoms with van der Waals surface area (Å²) in [6.45, 7) is 4.64. The maximum atomic E-state index is 13.4. The Hall–Kier alpha value is -2.10. The Morgan fingerprint density at radius 3 is 1.93 bits per heavy atom. The molecule has 5 aliphatic rings. The fourth-order valence-corrected chi connectivity index (χ4v) is 6.76. The van der Waals surface area contributed by atoms with Gasteiger partial charge >= 0.3 is 6.03 Å². The lowest BCUT2D eigenvalue weighted by Crippen LogP contribution is -2.59. The van der Waals surface area contributed by atoms with Crippen molar-refractivity contribution in [2.24, 2.45) is 23.2 Å². The van der Waals surface area contributed by atoms with Crippen molar-refractivity contribution >= 4 is 27.9 Å². The van der Waals surface area contributed by atoms with Gasteiger partial charge in [-0.25, -0.2) is 17.9 Å². The van der Waals surface area contributed by atoms with Crippen molar-refractivity contribution in [2.45, 2.75) is 38.5 Å². The smallest absolute Gasteiger partial charge is 0.329 e. The molecular weight excluding hydrogens is 408 g/mol. The van der Waals surface area contributed by atoms with Crippen LogP contribution in [-0.4, -0.2) is 68.8 Å². The number of amides is 4. The van der Waals surface area contributed by atoms with Gasteiger partial charge in [-0.3, -0.25) is 9.59 Å². The van der Waals surface area contributed by atoms with Gasteiger partial charge in [0.2, 0.25) is 11.8 Å². The fourth-order valence-electron chi connectivity index (χ4n) is 6.34. The SMILES string of the molecule is C=CS(=O)(=O)NC(=O)NCC(=O)N1CCN(C(=O)C23CC4CC(CC(C4)C2)C3)CC1. The summed E-state index contributed by atoms with van der Waals surface area (Å²) in [5, 5.41) is 2.86. The van der Waals surface area contributed by atoms with E-state index >= 15 is 0 Å². The maximum Gasteiger partial charge on any atom is 0.329 e. The van der Waals surface area contributed by atoms with Crippen LogP contribution in [0.25, 0.3) is 0 Å². The van der Waals surface area contributed by atoms with E-state index in [0.717, 1.165) is 19.3 Å². The molecule has 4 amide bonds. The van der Waals surface area contributed by atoms with E-state index in [1.807, 2.05) is 4.90 Å². The molecule has 0 unspecified atom stereocenters. The predicted octanol–water partition coefficient (Wildman–Crippen LogP) is 0.646. The monoisotopic (exact) mass is 438 g/mol. The minimum Gasteiger partial charge on any atom is -0.339 e. The molecule has 1 aliphatic heterocycles. The molecule has 4 saturated carbocycles. The average Bonchev–Trinajstić information content (AvgIpc) is 2.70. The molecule has 0 atom stereocenters. The summed E-state index contributed by atoms with van der Waals surface area (Å²) in [7, 11) is -3.89. The van der Waals surface area contributed by atoms with Gasteiger partial charge in [0.25, 0.3) is 10.0 Å². The van der Waals surface area contributed by atoms with Crippen molar-refractivity contribution in [1.82, 2.24) is 19.8 Å². The zero-order valence-corrected chi connectivity index (χ0v) is 18.0. The van der Waals surface area contributed by atoms with Gasteiger partial charge in [-0.1, -0.05) is 6.58 Å². The van der Waals surface area contributed by atoms with Gasteiger partial charge in [0.05, 0.1) is 12.0 Å². The van der Waals surface area contributed by atoms with E-state index in [-0.39, 0.29) is 23.8 Å². The second-order valence-corrected chi connectivity index (χ2v) is 11.0. The van der Waals surface area contributed by atoms with Crippen molar-refractivity contribution in [1.29, 1.82) is 0 Å². The highest BCUT2D eigenvalue weighted by atomic mass is 32.2. The number of sulfonamides is 1. The van der Waals surface area contributed by atoms with Crippen molar-refractivity contribution in [3.05, 3.63) is 12.0 Å². The third-order valence-electron chi connectivity index (χ3n) is 7.27. The topological polar surface area (TPSA) is 116 Å². The first-order chi connectivity index (χ1) is 14.2. The average molecular weight is 439 g/mol. The summed E-state index contributed by atoms with van der Waals surface area (Å²) in [6.07, 6.45) is 6.98. The molecule has 4 bridgehead atoms. The molecule has 2 N–H and O–H groups in total. The molecule has 0 radical (unpaired) electrons. The first kappa shape index (κ1) is 21.1. The van der Waals surface area contributed by atoms with Gasteiger partial charge in [-0.15, -0.1) is 0 Å². The molecule has 4 aliphatic carbocycles. The molecule has 0 spiro atoms. The van der Waals surface area contributed by atoms with Gasteiger partial charge < -0.3 is 15.1 Å². The largest absolute Gasteiger partial charge is 0.339 e. The van der Waals surface area contributed by atoms with Crippen LogP contribution in [0.5, 0.6) is 0 Å². The molecule has 0 aromatic heterocycles. The molecule has 0 aromatic carbocycles. The van der Waals surface area contributed by atoms with Gasteiger partial charge in [0, 0.05) is 31.6 Å². The molecule has 1 saturated heterocycles. The van der Waals surface area contributed by atoms with E-state index in [1.165, 1.54) is 19.3 Å². The lowest BCUT2D eigenvalue weighted by molar-refractivity contribution is -0.160. The van der Waals surface area contributed by atoms with Crippen LogP contribution in [0.3, 0.4) is 0 Å². The highest BCUT2D eigenvalue weighted by molar-refractivity contribution is 7.92. The van der Waals surface area contributed by atoms with Crippen LogP contribution >= 0.6 is 0 Å². The number of rotatable bonds is 5. The van der Waals surface area contributed by atoms with Crippen LogP contribution in [0.4, 0.5) is 4.79 Å². The summed E-state index contributed by atoms with van der Waals surface area (Å²) >= 11 is 0. The van der Waals surface area contributed by atoms with Crippen LogP contribution < -0.4 is 10.0 Å². The summed E-state index contributed by atoms with van der Waals surface area (Å²) < 4.78 is 24.3. The third kappa shape index (κ3) is 4.19. The Morgan fingerprint density at radius 2 is 1.43 bits per heavy atom. The number of carbonyl (C=O) groups excluding carboxylic acids is 3. The van der Waals surface area contributed by atoms with Gasteiger partial charge in [0.15, 0.2) is 0 Å². The second-order valence-electron chi connectivity index (χ2n) is 9.37.